The van der Waals surface area contributed by atoms with Crippen LogP contribution in [0.3, 0.4) is 0 Å². The summed E-state index contributed by atoms with van der Waals surface area (Å²) < 4.78 is 0. The van der Waals surface area contributed by atoms with Gasteiger partial charge in [0.2, 0.25) is 11.7 Å². The van der Waals surface area contributed by atoms with Crippen LogP contribution in [0.1, 0.15) is 35.1 Å². The number of aromatic hydroxyl groups is 1. The first-order valence-corrected chi connectivity index (χ1v) is 13.9. The number of Topliss-reactive ketones (excluding diaryl/α,β-unsaturated/α-hetero) is 2. The van der Waals surface area contributed by atoms with Gasteiger partial charge in [0.15, 0.2) is 11.4 Å². The average molecular weight is 581 g/mol. The normalized spacial score (nSPS) is 22.5. The lowest BCUT2D eigenvalue weighted by molar-refractivity contribution is -0.163. The number of nitrogens with one attached hydrogen (secondary N) is 1. The monoisotopic (exact) mass is 580 g/mol. The van der Waals surface area contributed by atoms with Gasteiger partial charge in [-0.15, -0.1) is 0 Å². The van der Waals surface area contributed by atoms with E-state index < -0.39 is 59.7 Å². The summed E-state index contributed by atoms with van der Waals surface area (Å²) in [6.07, 6.45) is -0.586. The number of primary amides is 1. The van der Waals surface area contributed by atoms with E-state index in [1.165, 1.54) is 0 Å². The standard InChI is InChI=1S/C31H40N4O7/c1-34(2)22-12-19(15-33-14-17-8-6-5-7-9-17)28(39)27-20(22)10-18-11-21(23(16-36)35(3)4)31(42,24(37)13-25(32)38)30(41)26(18)29(27)40/h5-9,12,18,21,23,33,36,39-40,42H,10-11,13-16H2,1-4H3,(H2,32,38)/t18-,21-,23?,31+/m0/s1. The summed E-state index contributed by atoms with van der Waals surface area (Å²) in [5.41, 5.74) is 5.36. The molecule has 1 unspecified atom stereocenters. The number of anilines is 1. The van der Waals surface area contributed by atoms with E-state index in [0.29, 0.717) is 17.7 Å². The van der Waals surface area contributed by atoms with E-state index in [9.17, 15) is 34.8 Å². The van der Waals surface area contributed by atoms with Crippen LogP contribution in [0.4, 0.5) is 5.69 Å². The Morgan fingerprint density at radius 3 is 2.36 bits per heavy atom. The van der Waals surface area contributed by atoms with E-state index in [2.05, 4.69) is 5.32 Å². The average Bonchev–Trinajstić information content (AvgIpc) is 2.92. The molecule has 11 nitrogen and oxygen atoms in total. The minimum Gasteiger partial charge on any atom is -0.507 e. The molecule has 0 heterocycles. The number of aliphatic hydroxyl groups excluding tert-OH is 2. The molecule has 0 aromatic heterocycles. The number of rotatable bonds is 11. The molecule has 7 N–H and O–H groups in total. The molecule has 1 fully saturated rings. The van der Waals surface area contributed by atoms with Gasteiger partial charge >= 0.3 is 0 Å². The highest BCUT2D eigenvalue weighted by molar-refractivity contribution is 6.23. The minimum atomic E-state index is -2.71. The molecule has 0 radical (unpaired) electrons. The number of phenols is 1. The first-order valence-electron chi connectivity index (χ1n) is 13.9. The van der Waals surface area contributed by atoms with E-state index in [0.717, 1.165) is 11.3 Å². The smallest absolute Gasteiger partial charge is 0.225 e. The van der Waals surface area contributed by atoms with Gasteiger partial charge in [0.25, 0.3) is 0 Å². The van der Waals surface area contributed by atoms with Gasteiger partial charge in [0.05, 0.1) is 18.6 Å². The zero-order valence-electron chi connectivity index (χ0n) is 24.4. The van der Waals surface area contributed by atoms with Crippen molar-refractivity contribution in [1.29, 1.82) is 0 Å². The third-order valence-electron chi connectivity index (χ3n) is 8.52. The van der Waals surface area contributed by atoms with Gasteiger partial charge in [-0.25, -0.2) is 0 Å². The van der Waals surface area contributed by atoms with E-state index in [-0.39, 0.29) is 36.3 Å². The molecule has 0 aliphatic heterocycles. The second-order valence-electron chi connectivity index (χ2n) is 11.6. The molecule has 1 saturated carbocycles. The third kappa shape index (κ3) is 5.52. The molecular formula is C31H40N4O7. The Morgan fingerprint density at radius 1 is 1.12 bits per heavy atom. The Balaban J connectivity index is 1.82. The molecule has 2 aliphatic carbocycles. The molecule has 2 aromatic rings. The fourth-order valence-electron chi connectivity index (χ4n) is 6.42. The molecule has 42 heavy (non-hydrogen) atoms. The number of ketones is 2. The number of carbonyl (C=O) groups excluding carboxylic acids is 3. The highest BCUT2D eigenvalue weighted by Gasteiger charge is 2.60. The van der Waals surface area contributed by atoms with E-state index in [4.69, 9.17) is 5.73 Å². The van der Waals surface area contributed by atoms with Gasteiger partial charge in [-0.05, 0) is 50.0 Å². The molecule has 11 heteroatoms. The fraction of sp³-hybridized carbons (Fsp3) is 0.452. The van der Waals surface area contributed by atoms with Gasteiger partial charge in [-0.1, -0.05) is 30.3 Å². The number of aliphatic hydroxyl groups is 3. The first kappa shape index (κ1) is 31.2. The Hall–Kier alpha value is -3.77. The van der Waals surface area contributed by atoms with Crippen molar-refractivity contribution in [1.82, 2.24) is 10.2 Å². The van der Waals surface area contributed by atoms with Crippen molar-refractivity contribution in [2.24, 2.45) is 17.6 Å². The predicted octanol–water partition coefficient (Wildman–Crippen LogP) is 0.877. The second kappa shape index (κ2) is 12.2. The first-order chi connectivity index (χ1) is 19.8. The molecule has 0 saturated heterocycles. The molecule has 2 aromatic carbocycles. The van der Waals surface area contributed by atoms with Crippen molar-refractivity contribution in [2.75, 3.05) is 39.7 Å². The van der Waals surface area contributed by atoms with Gasteiger partial charge < -0.3 is 41.3 Å². The zero-order valence-corrected chi connectivity index (χ0v) is 24.4. The maximum Gasteiger partial charge on any atom is 0.225 e. The van der Waals surface area contributed by atoms with Gasteiger partial charge in [-0.3, -0.25) is 14.4 Å². The Morgan fingerprint density at radius 2 is 1.79 bits per heavy atom. The third-order valence-corrected chi connectivity index (χ3v) is 8.52. The maximum absolute atomic E-state index is 14.1. The van der Waals surface area contributed by atoms with Crippen LogP contribution in [0.15, 0.2) is 42.0 Å². The summed E-state index contributed by atoms with van der Waals surface area (Å²) >= 11 is 0. The van der Waals surface area contributed by atoms with Crippen molar-refractivity contribution in [3.05, 3.63) is 64.2 Å². The van der Waals surface area contributed by atoms with Gasteiger partial charge in [0.1, 0.15) is 11.5 Å². The number of benzene rings is 2. The molecular weight excluding hydrogens is 540 g/mol. The van der Waals surface area contributed by atoms with Gasteiger partial charge in [-0.2, -0.15) is 0 Å². The summed E-state index contributed by atoms with van der Waals surface area (Å²) in [6, 6.07) is 10.8. The number of carbonyl (C=O) groups is 3. The van der Waals surface area contributed by atoms with Crippen molar-refractivity contribution >= 4 is 28.9 Å². The van der Waals surface area contributed by atoms with E-state index in [1.807, 2.05) is 55.4 Å². The quantitative estimate of drug-likeness (QED) is 0.209. The summed E-state index contributed by atoms with van der Waals surface area (Å²) in [7, 11) is 6.99. The van der Waals surface area contributed by atoms with Crippen LogP contribution in [-0.4, -0.2) is 89.2 Å². The number of likely N-dealkylation sites (N-methyl/N-ethyl adjacent to an activating group) is 1. The SMILES string of the molecule is CN(C)c1cc(CNCc2ccccc2)c(O)c2c1C[C@H]1C[C@@H](C(CO)N(C)C)[C@@](O)(C(=O)CC(N)=O)C(=O)C1=C2O. The summed E-state index contributed by atoms with van der Waals surface area (Å²) in [4.78, 5) is 42.5. The highest BCUT2D eigenvalue weighted by Crippen LogP contribution is 2.51. The summed E-state index contributed by atoms with van der Waals surface area (Å²) in [5.74, 6) is -5.57. The lowest BCUT2D eigenvalue weighted by atomic mass is 9.59. The van der Waals surface area contributed by atoms with Crippen LogP contribution in [0.5, 0.6) is 5.75 Å². The van der Waals surface area contributed by atoms with Crippen LogP contribution in [0.2, 0.25) is 0 Å². The van der Waals surface area contributed by atoms with Crippen molar-refractivity contribution in [3.63, 3.8) is 0 Å². The van der Waals surface area contributed by atoms with Crippen LogP contribution in [0, 0.1) is 11.8 Å². The van der Waals surface area contributed by atoms with Crippen LogP contribution in [-0.2, 0) is 33.9 Å². The number of amides is 1. The van der Waals surface area contributed by atoms with Crippen molar-refractivity contribution in [2.45, 2.75) is 44.0 Å². The van der Waals surface area contributed by atoms with Crippen LogP contribution < -0.4 is 16.0 Å². The number of nitrogens with zero attached hydrogens (tertiary/aromatic N) is 2. The number of nitrogens with two attached hydrogens (primary N) is 1. The summed E-state index contributed by atoms with van der Waals surface area (Å²) in [5, 5.41) is 48.3. The van der Waals surface area contributed by atoms with Crippen LogP contribution in [0.25, 0.3) is 5.76 Å². The molecule has 226 valence electrons. The number of hydrogen-bond acceptors (Lipinski definition) is 10. The highest BCUT2D eigenvalue weighted by atomic mass is 16.3. The van der Waals surface area contributed by atoms with E-state index in [1.54, 1.807) is 19.0 Å². The molecule has 2 aliphatic rings. The topological polar surface area (TPSA) is 177 Å². The molecule has 4 rings (SSSR count). The Bertz CT molecular complexity index is 1410. The fourth-order valence-corrected chi connectivity index (χ4v) is 6.42. The van der Waals surface area contributed by atoms with E-state index >= 15 is 0 Å². The molecule has 0 bridgehead atoms. The lowest BCUT2D eigenvalue weighted by Crippen LogP contribution is -2.64. The van der Waals surface area contributed by atoms with Gasteiger partial charge in [0, 0.05) is 56.0 Å². The number of hydrogen-bond donors (Lipinski definition) is 6. The van der Waals surface area contributed by atoms with Crippen molar-refractivity contribution in [3.8, 4) is 5.75 Å². The Kier molecular flexibility index (Phi) is 9.07. The molecule has 0 spiro atoms. The molecule has 4 atom stereocenters. The summed E-state index contributed by atoms with van der Waals surface area (Å²) in [6.45, 7) is 0.337. The predicted molar refractivity (Wildman–Crippen MR) is 158 cm³/mol. The minimum absolute atomic E-state index is 0.0585. The number of phenolic OH excluding ortho intramolecular Hbond substituents is 1. The number of fused-ring (bicyclic) bond motifs is 2. The Labute approximate surface area is 245 Å². The second-order valence-corrected chi connectivity index (χ2v) is 11.6. The maximum atomic E-state index is 14.1. The van der Waals surface area contributed by atoms with Crippen molar-refractivity contribution < 1.29 is 34.8 Å². The lowest BCUT2D eigenvalue weighted by Gasteiger charge is -2.47. The molecule has 1 amide bonds. The largest absolute Gasteiger partial charge is 0.507 e. The zero-order chi connectivity index (χ0) is 30.9. The van der Waals surface area contributed by atoms with Crippen LogP contribution >= 0.6 is 0 Å².